The van der Waals surface area contributed by atoms with E-state index in [1.807, 2.05) is 30.3 Å². The Balaban J connectivity index is 1.34. The summed E-state index contributed by atoms with van der Waals surface area (Å²) >= 11 is 14.9. The summed E-state index contributed by atoms with van der Waals surface area (Å²) in [4.78, 5) is 37.8. The minimum Gasteiger partial charge on any atom is -0.462 e. The Bertz CT molecular complexity index is 1770. The minimum absolute atomic E-state index is 0.0113. The molecule has 0 saturated heterocycles. The quantitative estimate of drug-likeness (QED) is 0.0656. The van der Waals surface area contributed by atoms with Crippen molar-refractivity contribution in [2.45, 2.75) is 40.8 Å². The van der Waals surface area contributed by atoms with E-state index in [0.717, 1.165) is 16.8 Å². The maximum atomic E-state index is 13.4. The Morgan fingerprint density at radius 1 is 1.00 bits per heavy atom. The number of benzene rings is 4. The number of rotatable bonds is 8. The lowest BCUT2D eigenvalue weighted by molar-refractivity contribution is -0.387. The predicted molar refractivity (Wildman–Crippen MR) is 175 cm³/mol. The second-order valence-corrected chi connectivity index (χ2v) is 13.1. The molecular formula is C34H28Cl2N2O6S. The highest BCUT2D eigenvalue weighted by Crippen LogP contribution is 2.58. The standard InChI is InChI=1S/C34H28Cl2N2O6S/c1-2-43-34(40)22-7-3-5-9-27(22)44-33(39)20-13-16-25-23(17-20)30-24(32(37-25)19-11-14-21(35)15-12-19)18-29(31(30)36)45-28-10-6-4-8-26(28)38(41)42/h3-17,24,29-32,37H,2,18H2,1H3/t24-,29+,30-,31+,32-/m0/s1. The monoisotopic (exact) mass is 662 g/mol. The molecule has 0 unspecified atom stereocenters. The lowest BCUT2D eigenvalue weighted by Crippen LogP contribution is -2.31. The van der Waals surface area contributed by atoms with Crippen molar-refractivity contribution >= 4 is 58.3 Å². The molecule has 0 amide bonds. The number of nitrogens with one attached hydrogen (secondary N) is 1. The predicted octanol–water partition coefficient (Wildman–Crippen LogP) is 8.68. The number of nitrogens with zero attached hydrogens (tertiary/aromatic N) is 1. The number of alkyl halides is 1. The minimum atomic E-state index is -0.624. The number of hydrogen-bond donors (Lipinski definition) is 1. The van der Waals surface area contributed by atoms with Gasteiger partial charge in [0.25, 0.3) is 5.69 Å². The van der Waals surface area contributed by atoms with Gasteiger partial charge in [0.05, 0.1) is 33.4 Å². The number of fused-ring (bicyclic) bond motifs is 3. The van der Waals surface area contributed by atoms with Gasteiger partial charge in [-0.05, 0) is 78.9 Å². The van der Waals surface area contributed by atoms with Gasteiger partial charge >= 0.3 is 11.9 Å². The van der Waals surface area contributed by atoms with E-state index in [1.54, 1.807) is 61.5 Å². The number of nitro benzene ring substituents is 1. The molecule has 0 bridgehead atoms. The zero-order valence-electron chi connectivity index (χ0n) is 24.0. The molecule has 1 heterocycles. The van der Waals surface area contributed by atoms with Crippen LogP contribution in [0.25, 0.3) is 0 Å². The number of nitro groups is 1. The van der Waals surface area contributed by atoms with Crippen LogP contribution in [-0.4, -0.2) is 34.1 Å². The molecule has 230 valence electrons. The van der Waals surface area contributed by atoms with E-state index in [2.05, 4.69) is 5.32 Å². The van der Waals surface area contributed by atoms with Gasteiger partial charge in [0.1, 0.15) is 11.3 Å². The summed E-state index contributed by atoms with van der Waals surface area (Å²) in [5.74, 6) is -1.26. The van der Waals surface area contributed by atoms with Crippen molar-refractivity contribution in [3.63, 3.8) is 0 Å². The number of ether oxygens (including phenoxy) is 2. The average molecular weight is 664 g/mol. The van der Waals surface area contributed by atoms with Gasteiger partial charge in [-0.1, -0.05) is 48.0 Å². The highest BCUT2D eigenvalue weighted by molar-refractivity contribution is 8.00. The first-order valence-electron chi connectivity index (χ1n) is 14.4. The van der Waals surface area contributed by atoms with E-state index in [9.17, 15) is 19.7 Å². The van der Waals surface area contributed by atoms with Crippen molar-refractivity contribution in [2.24, 2.45) is 5.92 Å². The molecule has 6 rings (SSSR count). The first kappa shape index (κ1) is 31.0. The number of halogens is 2. The lowest BCUT2D eigenvalue weighted by Gasteiger charge is -2.38. The summed E-state index contributed by atoms with van der Waals surface area (Å²) in [6.45, 7) is 1.89. The van der Waals surface area contributed by atoms with Crippen LogP contribution in [0.1, 0.15) is 57.1 Å². The molecule has 1 fully saturated rings. The smallest absolute Gasteiger partial charge is 0.343 e. The van der Waals surface area contributed by atoms with Crippen LogP contribution in [0, 0.1) is 16.0 Å². The van der Waals surface area contributed by atoms with Gasteiger partial charge in [0.2, 0.25) is 0 Å². The number of para-hydroxylation sites is 2. The first-order chi connectivity index (χ1) is 21.7. The average Bonchev–Trinajstić information content (AvgIpc) is 3.37. The van der Waals surface area contributed by atoms with Crippen LogP contribution in [0.4, 0.5) is 11.4 Å². The summed E-state index contributed by atoms with van der Waals surface area (Å²) < 4.78 is 10.8. The molecule has 0 aromatic heterocycles. The van der Waals surface area contributed by atoms with Crippen molar-refractivity contribution in [1.29, 1.82) is 0 Å². The van der Waals surface area contributed by atoms with Crippen LogP contribution in [-0.2, 0) is 4.74 Å². The Morgan fingerprint density at radius 2 is 1.73 bits per heavy atom. The summed E-state index contributed by atoms with van der Waals surface area (Å²) in [6, 6.07) is 26.0. The molecule has 1 saturated carbocycles. The summed E-state index contributed by atoms with van der Waals surface area (Å²) in [6.07, 6.45) is 0.677. The highest BCUT2D eigenvalue weighted by Gasteiger charge is 2.50. The Kier molecular flexibility index (Phi) is 9.03. The molecule has 2 aliphatic rings. The van der Waals surface area contributed by atoms with Crippen LogP contribution in [0.3, 0.4) is 0 Å². The molecule has 1 aliphatic carbocycles. The van der Waals surface area contributed by atoms with Gasteiger partial charge in [0, 0.05) is 27.9 Å². The summed E-state index contributed by atoms with van der Waals surface area (Å²) in [5.41, 5.74) is 3.24. The van der Waals surface area contributed by atoms with E-state index in [0.29, 0.717) is 21.9 Å². The molecule has 0 radical (unpaired) electrons. The third-order valence-electron chi connectivity index (χ3n) is 8.20. The lowest BCUT2D eigenvalue weighted by atomic mass is 9.77. The fourth-order valence-corrected chi connectivity index (χ4v) is 8.28. The van der Waals surface area contributed by atoms with Gasteiger partial charge in [0.15, 0.2) is 0 Å². The highest BCUT2D eigenvalue weighted by atomic mass is 35.5. The Labute approximate surface area is 274 Å². The topological polar surface area (TPSA) is 108 Å². The van der Waals surface area contributed by atoms with E-state index < -0.39 is 17.3 Å². The molecule has 0 spiro atoms. The Hall–Kier alpha value is -4.05. The first-order valence-corrected chi connectivity index (χ1v) is 16.1. The maximum absolute atomic E-state index is 13.4. The molecule has 8 nitrogen and oxygen atoms in total. The molecular weight excluding hydrogens is 635 g/mol. The number of thioether (sulfide) groups is 1. The zero-order chi connectivity index (χ0) is 31.7. The largest absolute Gasteiger partial charge is 0.462 e. The van der Waals surface area contributed by atoms with Gasteiger partial charge in [-0.15, -0.1) is 23.4 Å². The van der Waals surface area contributed by atoms with Crippen molar-refractivity contribution in [1.82, 2.24) is 0 Å². The molecule has 1 aliphatic heterocycles. The number of hydrogen-bond acceptors (Lipinski definition) is 8. The third-order valence-corrected chi connectivity index (χ3v) is 10.6. The van der Waals surface area contributed by atoms with Crippen molar-refractivity contribution < 1.29 is 24.0 Å². The second-order valence-electron chi connectivity index (χ2n) is 10.8. The van der Waals surface area contributed by atoms with Crippen molar-refractivity contribution in [3.8, 4) is 5.75 Å². The number of carbonyl (C=O) groups excluding carboxylic acids is 2. The summed E-state index contributed by atoms with van der Waals surface area (Å²) in [5, 5.41) is 15.5. The third kappa shape index (κ3) is 6.25. The maximum Gasteiger partial charge on any atom is 0.343 e. The van der Waals surface area contributed by atoms with E-state index in [4.69, 9.17) is 32.7 Å². The van der Waals surface area contributed by atoms with E-state index >= 15 is 0 Å². The molecule has 1 N–H and O–H groups in total. The van der Waals surface area contributed by atoms with Crippen LogP contribution in [0.2, 0.25) is 5.02 Å². The van der Waals surface area contributed by atoms with Crippen LogP contribution < -0.4 is 10.1 Å². The summed E-state index contributed by atoms with van der Waals surface area (Å²) in [7, 11) is 0. The second kappa shape index (κ2) is 13.1. The van der Waals surface area contributed by atoms with Crippen LogP contribution >= 0.6 is 35.0 Å². The van der Waals surface area contributed by atoms with Gasteiger partial charge in [-0.2, -0.15) is 0 Å². The van der Waals surface area contributed by atoms with Gasteiger partial charge in [-0.3, -0.25) is 10.1 Å². The molecule has 4 aromatic carbocycles. The normalized spacial score (nSPS) is 21.6. The Morgan fingerprint density at radius 3 is 2.49 bits per heavy atom. The van der Waals surface area contributed by atoms with Gasteiger partial charge < -0.3 is 14.8 Å². The van der Waals surface area contributed by atoms with Crippen LogP contribution in [0.15, 0.2) is 95.9 Å². The fraction of sp³-hybridized carbons (Fsp3) is 0.235. The van der Waals surface area contributed by atoms with Crippen LogP contribution in [0.5, 0.6) is 5.75 Å². The van der Waals surface area contributed by atoms with E-state index in [-0.39, 0.29) is 51.7 Å². The SMILES string of the molecule is CCOC(=O)c1ccccc1OC(=O)c1ccc2c(c1)[C@@H]1[C@H](Cl)[C@H](Sc3ccccc3[N+](=O)[O-])C[C@@H]1[C@H](c1ccc(Cl)cc1)N2. The number of anilines is 1. The van der Waals surface area contributed by atoms with Crippen molar-refractivity contribution in [2.75, 3.05) is 11.9 Å². The molecule has 11 heteroatoms. The van der Waals surface area contributed by atoms with Gasteiger partial charge in [-0.25, -0.2) is 9.59 Å². The molecule has 5 atom stereocenters. The number of esters is 2. The number of carbonyl (C=O) groups is 2. The van der Waals surface area contributed by atoms with E-state index in [1.165, 1.54) is 17.8 Å². The molecule has 4 aromatic rings. The zero-order valence-corrected chi connectivity index (χ0v) is 26.4. The van der Waals surface area contributed by atoms with Crippen molar-refractivity contribution in [3.05, 3.63) is 128 Å². The fourth-order valence-electron chi connectivity index (χ4n) is 6.21. The molecule has 45 heavy (non-hydrogen) atoms.